The molecule has 0 aliphatic heterocycles. The van der Waals surface area contributed by atoms with Crippen molar-refractivity contribution in [1.29, 1.82) is 0 Å². The Hall–Kier alpha value is -1.64. The number of carbonyl (C=O) groups is 2. The first-order valence-corrected chi connectivity index (χ1v) is 5.60. The second-order valence-electron chi connectivity index (χ2n) is 3.71. The van der Waals surface area contributed by atoms with Crippen molar-refractivity contribution in [3.63, 3.8) is 0 Å². The molecule has 0 saturated heterocycles. The fraction of sp³-hybridized carbons (Fsp3) is 0.385. The minimum atomic E-state index is 0.439. The number of nitrogens with one attached hydrogen (secondary N) is 1. The van der Waals surface area contributed by atoms with Crippen LogP contribution < -0.4 is 5.32 Å². The molecule has 0 amide bonds. The molecule has 0 unspecified atom stereocenters. The molecule has 86 valence electrons. The minimum absolute atomic E-state index is 0.439. The maximum atomic E-state index is 10.7. The standard InChI is InChI=1S/C13H17NO2/c1-2-3-4-7-14-13-6-5-11(9-15)12(8-13)10-16/h5-6,8-10,14H,2-4,7H2,1H3. The van der Waals surface area contributed by atoms with Gasteiger partial charge in [-0.1, -0.05) is 19.8 Å². The summed E-state index contributed by atoms with van der Waals surface area (Å²) in [6, 6.07) is 5.20. The molecular weight excluding hydrogens is 202 g/mol. The lowest BCUT2D eigenvalue weighted by Gasteiger charge is -2.07. The van der Waals surface area contributed by atoms with Crippen molar-refractivity contribution >= 4 is 18.3 Å². The number of benzene rings is 1. The third kappa shape index (κ3) is 3.50. The van der Waals surface area contributed by atoms with E-state index in [1.54, 1.807) is 12.1 Å². The van der Waals surface area contributed by atoms with E-state index in [1.807, 2.05) is 6.07 Å². The zero-order chi connectivity index (χ0) is 11.8. The Balaban J connectivity index is 2.60. The normalized spacial score (nSPS) is 9.81. The van der Waals surface area contributed by atoms with Crippen molar-refractivity contribution in [3.8, 4) is 0 Å². The molecule has 1 rings (SSSR count). The monoisotopic (exact) mass is 219 g/mol. The summed E-state index contributed by atoms with van der Waals surface area (Å²) in [5.41, 5.74) is 1.77. The zero-order valence-electron chi connectivity index (χ0n) is 9.53. The van der Waals surface area contributed by atoms with Crippen LogP contribution in [0.5, 0.6) is 0 Å². The van der Waals surface area contributed by atoms with Crippen LogP contribution in [0.1, 0.15) is 46.9 Å². The molecule has 0 atom stereocenters. The fourth-order valence-corrected chi connectivity index (χ4v) is 1.50. The third-order valence-corrected chi connectivity index (χ3v) is 2.45. The molecule has 0 fully saturated rings. The van der Waals surface area contributed by atoms with Crippen LogP contribution in [0.2, 0.25) is 0 Å². The van der Waals surface area contributed by atoms with E-state index < -0.39 is 0 Å². The van der Waals surface area contributed by atoms with E-state index in [2.05, 4.69) is 12.2 Å². The number of aldehydes is 2. The summed E-state index contributed by atoms with van der Waals surface area (Å²) in [5.74, 6) is 0. The lowest BCUT2D eigenvalue weighted by Crippen LogP contribution is -2.02. The highest BCUT2D eigenvalue weighted by Gasteiger charge is 2.01. The first-order chi connectivity index (χ1) is 7.81. The van der Waals surface area contributed by atoms with Crippen LogP contribution >= 0.6 is 0 Å². The van der Waals surface area contributed by atoms with Crippen LogP contribution in [-0.2, 0) is 0 Å². The Kier molecular flexibility index (Phi) is 5.26. The van der Waals surface area contributed by atoms with Gasteiger partial charge in [0.05, 0.1) is 0 Å². The summed E-state index contributed by atoms with van der Waals surface area (Å²) in [6.07, 6.45) is 4.90. The van der Waals surface area contributed by atoms with Crippen molar-refractivity contribution < 1.29 is 9.59 Å². The van der Waals surface area contributed by atoms with E-state index in [0.717, 1.165) is 18.7 Å². The summed E-state index contributed by atoms with van der Waals surface area (Å²) in [7, 11) is 0. The second kappa shape index (κ2) is 6.77. The van der Waals surface area contributed by atoms with Crippen molar-refractivity contribution in [2.45, 2.75) is 26.2 Å². The van der Waals surface area contributed by atoms with E-state index >= 15 is 0 Å². The van der Waals surface area contributed by atoms with Gasteiger partial charge in [-0.2, -0.15) is 0 Å². The predicted molar refractivity (Wildman–Crippen MR) is 65.2 cm³/mol. The topological polar surface area (TPSA) is 46.2 Å². The smallest absolute Gasteiger partial charge is 0.150 e. The fourth-order valence-electron chi connectivity index (χ4n) is 1.50. The van der Waals surface area contributed by atoms with Gasteiger partial charge in [-0.05, 0) is 24.6 Å². The van der Waals surface area contributed by atoms with Gasteiger partial charge in [-0.3, -0.25) is 9.59 Å². The molecule has 1 N–H and O–H groups in total. The summed E-state index contributed by atoms with van der Waals surface area (Å²) in [6.45, 7) is 3.05. The molecule has 0 bridgehead atoms. The SMILES string of the molecule is CCCCCNc1ccc(C=O)c(C=O)c1. The van der Waals surface area contributed by atoms with Crippen molar-refractivity contribution in [2.24, 2.45) is 0 Å². The number of hydrogen-bond acceptors (Lipinski definition) is 3. The number of anilines is 1. The molecule has 3 heteroatoms. The van der Waals surface area contributed by atoms with E-state index in [0.29, 0.717) is 23.7 Å². The molecular formula is C13H17NO2. The molecule has 0 aliphatic rings. The molecule has 1 aromatic carbocycles. The third-order valence-electron chi connectivity index (χ3n) is 2.45. The quantitative estimate of drug-likeness (QED) is 0.566. The zero-order valence-corrected chi connectivity index (χ0v) is 9.53. The lowest BCUT2D eigenvalue weighted by atomic mass is 10.1. The van der Waals surface area contributed by atoms with Crippen LogP contribution in [0.15, 0.2) is 18.2 Å². The molecule has 16 heavy (non-hydrogen) atoms. The predicted octanol–water partition coefficient (Wildman–Crippen LogP) is 2.91. The van der Waals surface area contributed by atoms with Crippen LogP contribution in [0.4, 0.5) is 5.69 Å². The van der Waals surface area contributed by atoms with Gasteiger partial charge in [0.1, 0.15) is 0 Å². The summed E-state index contributed by atoms with van der Waals surface area (Å²) in [4.78, 5) is 21.3. The van der Waals surface area contributed by atoms with Crippen LogP contribution in [0, 0.1) is 0 Å². The number of carbonyl (C=O) groups excluding carboxylic acids is 2. The molecule has 0 aliphatic carbocycles. The van der Waals surface area contributed by atoms with Crippen molar-refractivity contribution in [1.82, 2.24) is 0 Å². The highest BCUT2D eigenvalue weighted by Crippen LogP contribution is 2.13. The molecule has 3 nitrogen and oxygen atoms in total. The average Bonchev–Trinajstić information content (AvgIpc) is 2.34. The van der Waals surface area contributed by atoms with Crippen LogP contribution in [-0.4, -0.2) is 19.1 Å². The van der Waals surface area contributed by atoms with E-state index in [1.165, 1.54) is 12.8 Å². The molecule has 0 saturated carbocycles. The van der Waals surface area contributed by atoms with Gasteiger partial charge in [0, 0.05) is 23.4 Å². The Labute approximate surface area is 95.9 Å². The first kappa shape index (κ1) is 12.4. The Bertz CT molecular complexity index is 361. The highest BCUT2D eigenvalue weighted by atomic mass is 16.1. The van der Waals surface area contributed by atoms with Crippen LogP contribution in [0.25, 0.3) is 0 Å². The van der Waals surface area contributed by atoms with Crippen LogP contribution in [0.3, 0.4) is 0 Å². The number of hydrogen-bond donors (Lipinski definition) is 1. The van der Waals surface area contributed by atoms with Gasteiger partial charge in [0.2, 0.25) is 0 Å². The van der Waals surface area contributed by atoms with Crippen molar-refractivity contribution in [3.05, 3.63) is 29.3 Å². The average molecular weight is 219 g/mol. The van der Waals surface area contributed by atoms with Gasteiger partial charge < -0.3 is 5.32 Å². The largest absolute Gasteiger partial charge is 0.385 e. The Morgan fingerprint density at radius 2 is 1.88 bits per heavy atom. The van der Waals surface area contributed by atoms with E-state index in [9.17, 15) is 9.59 Å². The molecule has 0 aromatic heterocycles. The first-order valence-electron chi connectivity index (χ1n) is 5.60. The summed E-state index contributed by atoms with van der Waals surface area (Å²) >= 11 is 0. The van der Waals surface area contributed by atoms with Gasteiger partial charge in [0.25, 0.3) is 0 Å². The molecule has 0 spiro atoms. The lowest BCUT2D eigenvalue weighted by molar-refractivity contribution is 0.109. The summed E-state index contributed by atoms with van der Waals surface area (Å²) < 4.78 is 0. The second-order valence-corrected chi connectivity index (χ2v) is 3.71. The molecule has 0 heterocycles. The number of unbranched alkanes of at least 4 members (excludes halogenated alkanes) is 2. The molecule has 0 radical (unpaired) electrons. The van der Waals surface area contributed by atoms with E-state index in [-0.39, 0.29) is 0 Å². The summed E-state index contributed by atoms with van der Waals surface area (Å²) in [5, 5.41) is 3.23. The van der Waals surface area contributed by atoms with Gasteiger partial charge >= 0.3 is 0 Å². The Morgan fingerprint density at radius 1 is 1.12 bits per heavy atom. The van der Waals surface area contributed by atoms with Gasteiger partial charge in [0.15, 0.2) is 12.6 Å². The van der Waals surface area contributed by atoms with Crippen molar-refractivity contribution in [2.75, 3.05) is 11.9 Å². The van der Waals surface area contributed by atoms with Gasteiger partial charge in [-0.15, -0.1) is 0 Å². The molecule has 1 aromatic rings. The minimum Gasteiger partial charge on any atom is -0.385 e. The Morgan fingerprint density at radius 3 is 2.50 bits per heavy atom. The maximum absolute atomic E-state index is 10.7. The highest BCUT2D eigenvalue weighted by molar-refractivity contribution is 5.91. The van der Waals surface area contributed by atoms with E-state index in [4.69, 9.17) is 0 Å². The maximum Gasteiger partial charge on any atom is 0.150 e. The number of rotatable bonds is 7. The van der Waals surface area contributed by atoms with Gasteiger partial charge in [-0.25, -0.2) is 0 Å².